The van der Waals surface area contributed by atoms with Gasteiger partial charge in [0.25, 0.3) is 5.69 Å². The minimum Gasteiger partial charge on any atom is -0.366 e. The van der Waals surface area contributed by atoms with Gasteiger partial charge in [0.1, 0.15) is 0 Å². The number of nitrogens with two attached hydrogens (primary N) is 1. The lowest BCUT2D eigenvalue weighted by Gasteiger charge is -2.16. The molecule has 2 N–H and O–H groups in total. The van der Waals surface area contributed by atoms with Crippen LogP contribution < -0.4 is 10.6 Å². The van der Waals surface area contributed by atoms with Crippen LogP contribution in [0.15, 0.2) is 30.9 Å². The number of nitro benzene ring substituents is 1. The van der Waals surface area contributed by atoms with Gasteiger partial charge in [0.2, 0.25) is 0 Å². The number of fused-ring (bicyclic) bond motifs is 1. The van der Waals surface area contributed by atoms with Gasteiger partial charge in [-0.2, -0.15) is 0 Å². The Bertz CT molecular complexity index is 445. The summed E-state index contributed by atoms with van der Waals surface area (Å²) in [6.07, 6.45) is 1.79. The number of rotatable bonds is 3. The smallest absolute Gasteiger partial charge is 0.269 e. The Morgan fingerprint density at radius 1 is 1.69 bits per heavy atom. The number of nitrogens with zero attached hydrogens (tertiary/aromatic N) is 2. The maximum absolute atomic E-state index is 10.6. The fourth-order valence-corrected chi connectivity index (χ4v) is 2.00. The van der Waals surface area contributed by atoms with Crippen LogP contribution in [0.4, 0.5) is 11.4 Å². The Labute approximate surface area is 93.3 Å². The summed E-state index contributed by atoms with van der Waals surface area (Å²) in [5, 5.41) is 10.6. The van der Waals surface area contributed by atoms with E-state index in [1.165, 1.54) is 6.07 Å². The molecular formula is C11H13N3O2. The lowest BCUT2D eigenvalue weighted by Crippen LogP contribution is -2.24. The molecule has 0 aromatic heterocycles. The Hall–Kier alpha value is -1.88. The molecule has 0 aliphatic carbocycles. The Morgan fingerprint density at radius 2 is 2.44 bits per heavy atom. The van der Waals surface area contributed by atoms with E-state index < -0.39 is 4.92 Å². The summed E-state index contributed by atoms with van der Waals surface area (Å²) in [6.45, 7) is 5.07. The molecule has 0 saturated heterocycles. The highest BCUT2D eigenvalue weighted by Crippen LogP contribution is 2.35. The number of hydrogen-bond donors (Lipinski definition) is 1. The minimum atomic E-state index is -0.400. The number of hydrogen-bond acceptors (Lipinski definition) is 4. The van der Waals surface area contributed by atoms with Crippen LogP contribution in [0.2, 0.25) is 0 Å². The zero-order valence-electron chi connectivity index (χ0n) is 8.80. The standard InChI is InChI=1S/C11H13N3O2/c1-2-5-13-7-10(12)9-6-8(14(15)16)3-4-11(9)13/h2-4,6,10H,1,5,7,12H2. The maximum Gasteiger partial charge on any atom is 0.269 e. The molecule has 1 heterocycles. The van der Waals surface area contributed by atoms with E-state index in [4.69, 9.17) is 5.73 Å². The predicted octanol–water partition coefficient (Wildman–Crippen LogP) is 1.60. The van der Waals surface area contributed by atoms with Crippen LogP contribution in [0.25, 0.3) is 0 Å². The van der Waals surface area contributed by atoms with Gasteiger partial charge >= 0.3 is 0 Å². The number of non-ortho nitro benzene ring substituents is 1. The van der Waals surface area contributed by atoms with Crippen molar-refractivity contribution in [1.29, 1.82) is 0 Å². The van der Waals surface area contributed by atoms with Crippen LogP contribution in [-0.4, -0.2) is 18.0 Å². The van der Waals surface area contributed by atoms with E-state index in [0.717, 1.165) is 11.3 Å². The normalized spacial score (nSPS) is 18.3. The number of nitro groups is 1. The van der Waals surface area contributed by atoms with Crippen molar-refractivity contribution in [1.82, 2.24) is 0 Å². The molecule has 1 aromatic carbocycles. The van der Waals surface area contributed by atoms with Crippen molar-refractivity contribution in [3.05, 3.63) is 46.5 Å². The summed E-state index contributed by atoms with van der Waals surface area (Å²) in [5.74, 6) is 0. The zero-order chi connectivity index (χ0) is 11.7. The lowest BCUT2D eigenvalue weighted by molar-refractivity contribution is -0.384. The van der Waals surface area contributed by atoms with E-state index in [-0.39, 0.29) is 11.7 Å². The molecule has 16 heavy (non-hydrogen) atoms. The Balaban J connectivity index is 2.40. The Kier molecular flexibility index (Phi) is 2.62. The van der Waals surface area contributed by atoms with Crippen molar-refractivity contribution in [2.75, 3.05) is 18.0 Å². The minimum absolute atomic E-state index is 0.0923. The van der Waals surface area contributed by atoms with Gasteiger partial charge in [0.05, 0.1) is 4.92 Å². The van der Waals surface area contributed by atoms with Crippen molar-refractivity contribution < 1.29 is 4.92 Å². The summed E-state index contributed by atoms with van der Waals surface area (Å²) in [7, 11) is 0. The average Bonchev–Trinajstić information content (AvgIpc) is 2.56. The highest BCUT2D eigenvalue weighted by molar-refractivity contribution is 5.63. The summed E-state index contributed by atoms with van der Waals surface area (Å²) in [4.78, 5) is 12.3. The molecule has 5 heteroatoms. The lowest BCUT2D eigenvalue weighted by atomic mass is 10.1. The number of benzene rings is 1. The second-order valence-corrected chi connectivity index (χ2v) is 3.80. The van der Waals surface area contributed by atoms with E-state index in [1.54, 1.807) is 18.2 Å². The van der Waals surface area contributed by atoms with Gasteiger partial charge in [0, 0.05) is 42.5 Å². The topological polar surface area (TPSA) is 72.4 Å². The molecular weight excluding hydrogens is 206 g/mol. The van der Waals surface area contributed by atoms with Gasteiger partial charge in [-0.25, -0.2) is 0 Å². The Morgan fingerprint density at radius 3 is 3.06 bits per heavy atom. The molecule has 0 amide bonds. The SMILES string of the molecule is C=CCN1CC(N)c2cc([N+](=O)[O-])ccc21. The van der Waals surface area contributed by atoms with E-state index in [1.807, 2.05) is 0 Å². The first-order chi connectivity index (χ1) is 7.63. The molecule has 2 rings (SSSR count). The molecule has 84 valence electrons. The van der Waals surface area contributed by atoms with E-state index >= 15 is 0 Å². The molecule has 0 saturated carbocycles. The highest BCUT2D eigenvalue weighted by Gasteiger charge is 2.26. The van der Waals surface area contributed by atoms with Crippen LogP contribution >= 0.6 is 0 Å². The predicted molar refractivity (Wildman–Crippen MR) is 62.4 cm³/mol. The third kappa shape index (κ3) is 1.65. The zero-order valence-corrected chi connectivity index (χ0v) is 8.80. The monoisotopic (exact) mass is 219 g/mol. The molecule has 1 aliphatic rings. The van der Waals surface area contributed by atoms with E-state index in [2.05, 4.69) is 11.5 Å². The first-order valence-electron chi connectivity index (χ1n) is 5.03. The summed E-state index contributed by atoms with van der Waals surface area (Å²) in [6, 6.07) is 4.66. The second-order valence-electron chi connectivity index (χ2n) is 3.80. The molecule has 0 bridgehead atoms. The van der Waals surface area contributed by atoms with E-state index in [0.29, 0.717) is 13.1 Å². The molecule has 0 radical (unpaired) electrons. The molecule has 1 atom stereocenters. The first kappa shape index (κ1) is 10.6. The van der Waals surface area contributed by atoms with Crippen molar-refractivity contribution in [2.24, 2.45) is 5.73 Å². The molecule has 1 aromatic rings. The third-order valence-corrected chi connectivity index (χ3v) is 2.73. The molecule has 0 fully saturated rings. The van der Waals surface area contributed by atoms with Crippen LogP contribution in [0, 0.1) is 10.1 Å². The first-order valence-corrected chi connectivity index (χ1v) is 5.03. The summed E-state index contributed by atoms with van der Waals surface area (Å²) < 4.78 is 0. The van der Waals surface area contributed by atoms with Crippen molar-refractivity contribution in [3.63, 3.8) is 0 Å². The fraction of sp³-hybridized carbons (Fsp3) is 0.273. The van der Waals surface area contributed by atoms with Crippen LogP contribution in [0.5, 0.6) is 0 Å². The summed E-state index contributed by atoms with van der Waals surface area (Å²) >= 11 is 0. The van der Waals surface area contributed by atoms with Gasteiger partial charge in [-0.15, -0.1) is 6.58 Å². The van der Waals surface area contributed by atoms with Crippen molar-refractivity contribution in [3.8, 4) is 0 Å². The maximum atomic E-state index is 10.6. The van der Waals surface area contributed by atoms with Gasteiger partial charge in [-0.05, 0) is 6.07 Å². The van der Waals surface area contributed by atoms with Crippen LogP contribution in [-0.2, 0) is 0 Å². The largest absolute Gasteiger partial charge is 0.366 e. The molecule has 1 unspecified atom stereocenters. The molecule has 1 aliphatic heterocycles. The molecule has 5 nitrogen and oxygen atoms in total. The van der Waals surface area contributed by atoms with Crippen LogP contribution in [0.1, 0.15) is 11.6 Å². The van der Waals surface area contributed by atoms with Gasteiger partial charge in [0.15, 0.2) is 0 Å². The third-order valence-electron chi connectivity index (χ3n) is 2.73. The quantitative estimate of drug-likeness (QED) is 0.476. The summed E-state index contributed by atoms with van der Waals surface area (Å²) in [5.41, 5.74) is 7.84. The van der Waals surface area contributed by atoms with E-state index in [9.17, 15) is 10.1 Å². The van der Waals surface area contributed by atoms with Gasteiger partial charge in [-0.1, -0.05) is 6.08 Å². The van der Waals surface area contributed by atoms with Crippen molar-refractivity contribution >= 4 is 11.4 Å². The fourth-order valence-electron chi connectivity index (χ4n) is 2.00. The van der Waals surface area contributed by atoms with Gasteiger partial charge in [-0.3, -0.25) is 10.1 Å². The highest BCUT2D eigenvalue weighted by atomic mass is 16.6. The van der Waals surface area contributed by atoms with Gasteiger partial charge < -0.3 is 10.6 Å². The molecule has 0 spiro atoms. The second kappa shape index (κ2) is 3.94. The van der Waals surface area contributed by atoms with Crippen LogP contribution in [0.3, 0.4) is 0 Å². The number of anilines is 1. The average molecular weight is 219 g/mol. The van der Waals surface area contributed by atoms with Crippen molar-refractivity contribution in [2.45, 2.75) is 6.04 Å².